The van der Waals surface area contributed by atoms with Crippen molar-refractivity contribution >= 4 is 47.6 Å². The Balaban J connectivity index is 0.00000441. The Morgan fingerprint density at radius 2 is 2.14 bits per heavy atom. The van der Waals surface area contributed by atoms with Crippen molar-refractivity contribution in [3.8, 4) is 0 Å². The van der Waals surface area contributed by atoms with Gasteiger partial charge in [0.05, 0.1) is 6.54 Å². The van der Waals surface area contributed by atoms with E-state index in [0.717, 1.165) is 25.5 Å². The number of carbonyl (C=O) groups excluding carboxylic acids is 1. The highest BCUT2D eigenvalue weighted by Crippen LogP contribution is 2.25. The molecule has 0 saturated carbocycles. The standard InChI is InChI=1S/C15H30N4OS.HI/c1-4-12(3)19-14(20)8-9-17-15(16-5-2)18-11-13-7-6-10-21-13;/h12-13H,4-11H2,1-3H3,(H,19,20)(H2,16,17,18);1H. The lowest BCUT2D eigenvalue weighted by Crippen LogP contribution is -2.40. The first-order valence-electron chi connectivity index (χ1n) is 8.08. The van der Waals surface area contributed by atoms with Crippen molar-refractivity contribution in [3.63, 3.8) is 0 Å². The van der Waals surface area contributed by atoms with Crippen LogP contribution in [0.2, 0.25) is 0 Å². The summed E-state index contributed by atoms with van der Waals surface area (Å²) < 4.78 is 0. The number of nitrogens with one attached hydrogen (secondary N) is 3. The maximum atomic E-state index is 11.7. The van der Waals surface area contributed by atoms with Crippen molar-refractivity contribution in [1.82, 2.24) is 16.0 Å². The third kappa shape index (κ3) is 9.76. The van der Waals surface area contributed by atoms with Crippen LogP contribution >= 0.6 is 35.7 Å². The molecule has 2 unspecified atom stereocenters. The topological polar surface area (TPSA) is 65.5 Å². The molecular formula is C15H31IN4OS. The largest absolute Gasteiger partial charge is 0.357 e. The molecule has 1 saturated heterocycles. The molecule has 2 atom stereocenters. The Kier molecular flexibility index (Phi) is 13.2. The van der Waals surface area contributed by atoms with Crippen LogP contribution in [0.15, 0.2) is 4.99 Å². The van der Waals surface area contributed by atoms with Gasteiger partial charge in [-0.25, -0.2) is 0 Å². The minimum atomic E-state index is 0. The van der Waals surface area contributed by atoms with Gasteiger partial charge in [-0.1, -0.05) is 6.92 Å². The second-order valence-corrected chi connectivity index (χ2v) is 6.82. The van der Waals surface area contributed by atoms with Crippen LogP contribution in [-0.4, -0.2) is 48.5 Å². The van der Waals surface area contributed by atoms with E-state index in [0.29, 0.717) is 18.2 Å². The number of halogens is 1. The molecule has 1 heterocycles. The van der Waals surface area contributed by atoms with Gasteiger partial charge in [0.2, 0.25) is 5.91 Å². The van der Waals surface area contributed by atoms with Crippen LogP contribution in [0.5, 0.6) is 0 Å². The summed E-state index contributed by atoms with van der Waals surface area (Å²) >= 11 is 2.01. The van der Waals surface area contributed by atoms with Crippen molar-refractivity contribution < 1.29 is 4.79 Å². The summed E-state index contributed by atoms with van der Waals surface area (Å²) in [5.41, 5.74) is 0. The minimum Gasteiger partial charge on any atom is -0.357 e. The summed E-state index contributed by atoms with van der Waals surface area (Å²) in [6, 6.07) is 0.249. The molecular weight excluding hydrogens is 411 g/mol. The first-order chi connectivity index (χ1) is 10.2. The van der Waals surface area contributed by atoms with Crippen molar-refractivity contribution in [2.45, 2.75) is 57.7 Å². The van der Waals surface area contributed by atoms with Crippen molar-refractivity contribution in [2.24, 2.45) is 4.99 Å². The highest BCUT2D eigenvalue weighted by Gasteiger charge is 2.15. The Morgan fingerprint density at radius 3 is 2.73 bits per heavy atom. The number of guanidine groups is 1. The monoisotopic (exact) mass is 442 g/mol. The molecule has 1 aliphatic rings. The average molecular weight is 442 g/mol. The van der Waals surface area contributed by atoms with E-state index in [2.05, 4.69) is 34.8 Å². The van der Waals surface area contributed by atoms with Crippen molar-refractivity contribution in [1.29, 1.82) is 0 Å². The van der Waals surface area contributed by atoms with Crippen LogP contribution in [0, 0.1) is 0 Å². The first-order valence-corrected chi connectivity index (χ1v) is 9.13. The second kappa shape index (κ2) is 13.3. The molecule has 0 aromatic rings. The lowest BCUT2D eigenvalue weighted by molar-refractivity contribution is -0.121. The summed E-state index contributed by atoms with van der Waals surface area (Å²) in [6.07, 6.45) is 4.02. The molecule has 1 amide bonds. The van der Waals surface area contributed by atoms with E-state index >= 15 is 0 Å². The molecule has 130 valence electrons. The molecule has 22 heavy (non-hydrogen) atoms. The molecule has 0 spiro atoms. The van der Waals surface area contributed by atoms with Gasteiger partial charge >= 0.3 is 0 Å². The fraction of sp³-hybridized carbons (Fsp3) is 0.867. The molecule has 1 aliphatic heterocycles. The Hall–Kier alpha value is -0.180. The third-order valence-corrected chi connectivity index (χ3v) is 4.87. The number of nitrogens with zero attached hydrogens (tertiary/aromatic N) is 1. The maximum Gasteiger partial charge on any atom is 0.221 e. The lowest BCUT2D eigenvalue weighted by Gasteiger charge is -2.14. The summed E-state index contributed by atoms with van der Waals surface area (Å²) in [7, 11) is 0. The number of carbonyl (C=O) groups is 1. The summed E-state index contributed by atoms with van der Waals surface area (Å²) in [6.45, 7) is 8.46. The zero-order valence-electron chi connectivity index (χ0n) is 14.0. The lowest BCUT2D eigenvalue weighted by atomic mass is 10.2. The Morgan fingerprint density at radius 1 is 1.36 bits per heavy atom. The molecule has 7 heteroatoms. The predicted octanol–water partition coefficient (Wildman–Crippen LogP) is 2.36. The van der Waals surface area contributed by atoms with Gasteiger partial charge in [-0.05, 0) is 38.9 Å². The highest BCUT2D eigenvalue weighted by atomic mass is 127. The summed E-state index contributed by atoms with van der Waals surface area (Å²) in [5.74, 6) is 2.18. The van der Waals surface area contributed by atoms with Gasteiger partial charge in [0.15, 0.2) is 5.96 Å². The summed E-state index contributed by atoms with van der Waals surface area (Å²) in [5, 5.41) is 10.1. The van der Waals surface area contributed by atoms with Crippen LogP contribution < -0.4 is 16.0 Å². The number of rotatable bonds is 8. The van der Waals surface area contributed by atoms with Crippen LogP contribution in [0.4, 0.5) is 0 Å². The molecule has 0 aliphatic carbocycles. The second-order valence-electron chi connectivity index (χ2n) is 5.41. The SMILES string of the molecule is CCNC(=NCC1CCCS1)NCCC(=O)NC(C)CC.I. The van der Waals surface area contributed by atoms with Gasteiger partial charge in [-0.2, -0.15) is 11.8 Å². The first kappa shape index (κ1) is 21.8. The van der Waals surface area contributed by atoms with E-state index in [1.807, 2.05) is 18.7 Å². The maximum absolute atomic E-state index is 11.7. The van der Waals surface area contributed by atoms with Crippen LogP contribution in [0.1, 0.15) is 46.5 Å². The van der Waals surface area contributed by atoms with Crippen LogP contribution in [0.25, 0.3) is 0 Å². The van der Waals surface area contributed by atoms with E-state index in [1.54, 1.807) is 0 Å². The van der Waals surface area contributed by atoms with E-state index in [-0.39, 0.29) is 35.9 Å². The zero-order chi connectivity index (χ0) is 15.5. The smallest absolute Gasteiger partial charge is 0.221 e. The number of hydrogen-bond donors (Lipinski definition) is 3. The van der Waals surface area contributed by atoms with Gasteiger partial charge in [0, 0.05) is 30.8 Å². The Labute approximate surface area is 156 Å². The van der Waals surface area contributed by atoms with Crippen LogP contribution in [0.3, 0.4) is 0 Å². The quantitative estimate of drug-likeness (QED) is 0.307. The number of amides is 1. The number of hydrogen-bond acceptors (Lipinski definition) is 3. The van der Waals surface area contributed by atoms with Crippen molar-refractivity contribution in [3.05, 3.63) is 0 Å². The van der Waals surface area contributed by atoms with E-state index in [1.165, 1.54) is 18.6 Å². The number of aliphatic imine (C=N–C) groups is 1. The van der Waals surface area contributed by atoms with Gasteiger partial charge in [-0.3, -0.25) is 9.79 Å². The zero-order valence-corrected chi connectivity index (χ0v) is 17.1. The molecule has 1 rings (SSSR count). The third-order valence-electron chi connectivity index (χ3n) is 3.49. The fourth-order valence-electron chi connectivity index (χ4n) is 2.07. The average Bonchev–Trinajstić information content (AvgIpc) is 2.97. The normalized spacial score (nSPS) is 19.2. The van der Waals surface area contributed by atoms with Gasteiger partial charge < -0.3 is 16.0 Å². The predicted molar refractivity (Wildman–Crippen MR) is 107 cm³/mol. The van der Waals surface area contributed by atoms with E-state index < -0.39 is 0 Å². The van der Waals surface area contributed by atoms with Gasteiger partial charge in [-0.15, -0.1) is 24.0 Å². The van der Waals surface area contributed by atoms with Gasteiger partial charge in [0.1, 0.15) is 0 Å². The molecule has 0 aromatic carbocycles. The molecule has 0 bridgehead atoms. The summed E-state index contributed by atoms with van der Waals surface area (Å²) in [4.78, 5) is 16.3. The molecule has 0 radical (unpaired) electrons. The van der Waals surface area contributed by atoms with Crippen LogP contribution in [-0.2, 0) is 4.79 Å². The van der Waals surface area contributed by atoms with E-state index in [9.17, 15) is 4.79 Å². The Bertz CT molecular complexity index is 336. The molecule has 1 fully saturated rings. The highest BCUT2D eigenvalue weighted by molar-refractivity contribution is 14.0. The molecule has 5 nitrogen and oxygen atoms in total. The van der Waals surface area contributed by atoms with E-state index in [4.69, 9.17) is 0 Å². The van der Waals surface area contributed by atoms with Gasteiger partial charge in [0.25, 0.3) is 0 Å². The molecule has 0 aromatic heterocycles. The number of thioether (sulfide) groups is 1. The van der Waals surface area contributed by atoms with Crippen molar-refractivity contribution in [2.75, 3.05) is 25.4 Å². The fourth-order valence-corrected chi connectivity index (χ4v) is 3.25. The molecule has 3 N–H and O–H groups in total. The minimum absolute atomic E-state index is 0.